The molecule has 30 heavy (non-hydrogen) atoms. The Balaban J connectivity index is 2.51. The summed E-state index contributed by atoms with van der Waals surface area (Å²) in [6, 6.07) is 5.89. The third-order valence-electron chi connectivity index (χ3n) is 3.44. The number of halogens is 2. The Labute approximate surface area is 182 Å². The summed E-state index contributed by atoms with van der Waals surface area (Å²) in [6.07, 6.45) is -0.196. The lowest BCUT2D eigenvalue weighted by atomic mass is 10.1. The van der Waals surface area contributed by atoms with Crippen LogP contribution in [0.25, 0.3) is 0 Å². The van der Waals surface area contributed by atoms with Gasteiger partial charge < -0.3 is 9.47 Å². The largest absolute Gasteiger partial charge is 0.547 e. The summed E-state index contributed by atoms with van der Waals surface area (Å²) >= 11 is 7.80. The van der Waals surface area contributed by atoms with Crippen LogP contribution in [0.5, 0.6) is 11.5 Å². The van der Waals surface area contributed by atoms with Crippen molar-refractivity contribution in [1.29, 1.82) is 0 Å². The SMILES string of the molecule is CCOC(=O)[N+](S)(S)C(=O)c1ccc(NS(C)(=O)=O)c(Oc2ccc(F)cc2F)c1. The maximum absolute atomic E-state index is 14.0. The van der Waals surface area contributed by atoms with Gasteiger partial charge in [-0.05, 0) is 40.5 Å². The number of nitrogens with zero attached hydrogens (tertiary/aromatic N) is 1. The molecule has 0 saturated heterocycles. The second kappa shape index (κ2) is 9.20. The predicted octanol–water partition coefficient (Wildman–Crippen LogP) is 3.93. The van der Waals surface area contributed by atoms with Gasteiger partial charge in [-0.1, -0.05) is 0 Å². The van der Waals surface area contributed by atoms with Gasteiger partial charge in [-0.2, -0.15) is 4.79 Å². The van der Waals surface area contributed by atoms with Gasteiger partial charge in [0.05, 0.1) is 49.7 Å². The van der Waals surface area contributed by atoms with Crippen LogP contribution in [0.2, 0.25) is 0 Å². The minimum absolute atomic E-state index is 0.0251. The van der Waals surface area contributed by atoms with E-state index < -0.39 is 42.7 Å². The quantitative estimate of drug-likeness (QED) is 0.429. The molecule has 0 saturated carbocycles. The van der Waals surface area contributed by atoms with Crippen molar-refractivity contribution in [2.75, 3.05) is 17.6 Å². The maximum atomic E-state index is 14.0. The Kier molecular flexibility index (Phi) is 7.34. The molecule has 2 aromatic rings. The smallest absolute Gasteiger partial charge is 0.452 e. The van der Waals surface area contributed by atoms with Crippen LogP contribution in [0.4, 0.5) is 19.3 Å². The average molecular weight is 480 g/mol. The molecule has 0 aliphatic carbocycles. The molecule has 2 amide bonds. The molecular weight excluding hydrogens is 462 g/mol. The zero-order chi connectivity index (χ0) is 22.7. The third-order valence-corrected chi connectivity index (χ3v) is 4.72. The van der Waals surface area contributed by atoms with Gasteiger partial charge in [0.25, 0.3) is 0 Å². The van der Waals surface area contributed by atoms with Crippen LogP contribution in [0.15, 0.2) is 36.4 Å². The van der Waals surface area contributed by atoms with Crippen LogP contribution < -0.4 is 9.46 Å². The lowest BCUT2D eigenvalue weighted by molar-refractivity contribution is -0.459. The Morgan fingerprint density at radius 1 is 1.10 bits per heavy atom. The lowest BCUT2D eigenvalue weighted by Crippen LogP contribution is -2.41. The van der Waals surface area contributed by atoms with Crippen molar-refractivity contribution in [1.82, 2.24) is 0 Å². The number of hydrogen-bond acceptors (Lipinski definition) is 8. The van der Waals surface area contributed by atoms with Crippen molar-refractivity contribution < 1.29 is 39.6 Å². The summed E-state index contributed by atoms with van der Waals surface area (Å²) < 4.78 is 61.2. The number of benzene rings is 2. The number of anilines is 1. The van der Waals surface area contributed by atoms with Gasteiger partial charge >= 0.3 is 12.0 Å². The first-order chi connectivity index (χ1) is 13.8. The highest BCUT2D eigenvalue weighted by molar-refractivity contribution is 7.92. The topological polar surface area (TPSA) is 98.8 Å². The Hall–Kier alpha value is -2.35. The van der Waals surface area contributed by atoms with E-state index >= 15 is 0 Å². The number of imide groups is 1. The number of sulfonamides is 1. The minimum atomic E-state index is -3.77. The Bertz CT molecular complexity index is 1090. The molecule has 0 atom stereocenters. The zero-order valence-electron chi connectivity index (χ0n) is 15.6. The van der Waals surface area contributed by atoms with Crippen molar-refractivity contribution in [3.05, 3.63) is 53.6 Å². The van der Waals surface area contributed by atoms with Gasteiger partial charge in [0.15, 0.2) is 17.3 Å². The van der Waals surface area contributed by atoms with Crippen LogP contribution in [-0.2, 0) is 14.8 Å². The van der Waals surface area contributed by atoms with Crippen LogP contribution in [0.1, 0.15) is 17.3 Å². The van der Waals surface area contributed by atoms with E-state index in [2.05, 4.69) is 30.4 Å². The van der Waals surface area contributed by atoms with E-state index in [4.69, 9.17) is 9.47 Å². The number of amides is 2. The van der Waals surface area contributed by atoms with E-state index in [1.165, 1.54) is 13.0 Å². The second-order valence-electron chi connectivity index (χ2n) is 5.87. The van der Waals surface area contributed by atoms with E-state index in [9.17, 15) is 26.8 Å². The number of carbonyl (C=O) groups excluding carboxylic acids is 2. The number of rotatable bonds is 6. The number of hydrogen-bond donors (Lipinski definition) is 3. The first-order valence-electron chi connectivity index (χ1n) is 8.16. The van der Waals surface area contributed by atoms with Crippen LogP contribution in [0, 0.1) is 11.6 Å². The van der Waals surface area contributed by atoms with E-state index in [1.807, 2.05) is 0 Å². The van der Waals surface area contributed by atoms with E-state index in [0.29, 0.717) is 6.07 Å². The third kappa shape index (κ3) is 5.84. The molecule has 0 unspecified atom stereocenters. The van der Waals surface area contributed by atoms with Crippen LogP contribution >= 0.6 is 25.6 Å². The molecule has 0 radical (unpaired) electrons. The number of thiol groups is 2. The molecule has 0 aliphatic heterocycles. The van der Waals surface area contributed by atoms with Gasteiger partial charge in [-0.15, -0.1) is 0 Å². The first kappa shape index (κ1) is 23.9. The number of carbonyl (C=O) groups is 2. The van der Waals surface area contributed by atoms with Crippen molar-refractivity contribution in [2.45, 2.75) is 6.92 Å². The maximum Gasteiger partial charge on any atom is 0.547 e. The Morgan fingerprint density at radius 3 is 2.33 bits per heavy atom. The van der Waals surface area contributed by atoms with Crippen LogP contribution in [0.3, 0.4) is 0 Å². The standard InChI is InChI=1S/C17H16F2N2O6S3/c1-3-26-17(23)21(28,29)16(22)10-4-6-13(20-30(2,24)25)15(8-10)27-14-7-5-11(18)9-12(14)19/h4-9,28-29H,3H2,1-2H3/p+1. The minimum Gasteiger partial charge on any atom is -0.452 e. The van der Waals surface area contributed by atoms with E-state index in [1.54, 1.807) is 0 Å². The summed E-state index contributed by atoms with van der Waals surface area (Å²) in [5.41, 5.74) is -0.310. The molecule has 0 heterocycles. The lowest BCUT2D eigenvalue weighted by Gasteiger charge is -2.18. The van der Waals surface area contributed by atoms with Crippen molar-refractivity contribution in [3.8, 4) is 11.5 Å². The van der Waals surface area contributed by atoms with Gasteiger partial charge in [0.1, 0.15) is 5.82 Å². The first-order valence-corrected chi connectivity index (χ1v) is 10.9. The average Bonchev–Trinajstić information content (AvgIpc) is 2.63. The number of quaternary nitrogens is 1. The molecule has 0 aromatic heterocycles. The molecule has 2 rings (SSSR count). The van der Waals surface area contributed by atoms with Gasteiger partial charge in [0, 0.05) is 6.07 Å². The van der Waals surface area contributed by atoms with Crippen molar-refractivity contribution >= 4 is 53.3 Å². The zero-order valence-corrected chi connectivity index (χ0v) is 18.2. The van der Waals surface area contributed by atoms with Gasteiger partial charge in [-0.3, -0.25) is 4.72 Å². The second-order valence-corrected chi connectivity index (χ2v) is 9.13. The fraction of sp³-hybridized carbons (Fsp3) is 0.176. The van der Waals surface area contributed by atoms with E-state index in [-0.39, 0.29) is 23.6 Å². The molecule has 0 bridgehead atoms. The molecule has 1 N–H and O–H groups in total. The highest BCUT2D eigenvalue weighted by atomic mass is 32.2. The van der Waals surface area contributed by atoms with Crippen LogP contribution in [-0.4, -0.2) is 36.6 Å². The van der Waals surface area contributed by atoms with Gasteiger partial charge in [0.2, 0.25) is 10.0 Å². The summed E-state index contributed by atoms with van der Waals surface area (Å²) in [5.74, 6) is -3.57. The summed E-state index contributed by atoms with van der Waals surface area (Å²) in [5, 5.41) is 0. The molecule has 162 valence electrons. The fourth-order valence-corrected chi connectivity index (χ4v) is 3.09. The molecular formula is C17H17F2N2O6S3+. The number of ether oxygens (including phenoxy) is 2. The molecule has 0 spiro atoms. The highest BCUT2D eigenvalue weighted by Gasteiger charge is 2.43. The molecule has 13 heteroatoms. The monoisotopic (exact) mass is 479 g/mol. The summed E-state index contributed by atoms with van der Waals surface area (Å²) in [4.78, 5) is 24.7. The summed E-state index contributed by atoms with van der Waals surface area (Å²) in [6.45, 7) is 1.50. The summed E-state index contributed by atoms with van der Waals surface area (Å²) in [7, 11) is -3.77. The van der Waals surface area contributed by atoms with Crippen molar-refractivity contribution in [3.63, 3.8) is 0 Å². The van der Waals surface area contributed by atoms with E-state index in [0.717, 1.165) is 30.5 Å². The van der Waals surface area contributed by atoms with Gasteiger partial charge in [-0.25, -0.2) is 22.0 Å². The molecule has 0 aliphatic rings. The fourth-order valence-electron chi connectivity index (χ4n) is 2.18. The Morgan fingerprint density at radius 2 is 1.77 bits per heavy atom. The molecule has 8 nitrogen and oxygen atoms in total. The van der Waals surface area contributed by atoms with Crippen molar-refractivity contribution in [2.24, 2.45) is 0 Å². The number of nitrogens with one attached hydrogen (secondary N) is 1. The predicted molar refractivity (Wildman–Crippen MR) is 111 cm³/mol. The molecule has 2 aromatic carbocycles. The molecule has 0 fully saturated rings. The normalized spacial score (nSPS) is 11.7. The highest BCUT2D eigenvalue weighted by Crippen LogP contribution is 2.34.